The Hall–Kier alpha value is -1.06. The summed E-state index contributed by atoms with van der Waals surface area (Å²) in [6.07, 6.45) is 0. The van der Waals surface area contributed by atoms with Gasteiger partial charge in [0.2, 0.25) is 0 Å². The predicted molar refractivity (Wildman–Crippen MR) is 72.6 cm³/mol. The number of hydrogen-bond acceptors (Lipinski definition) is 3. The lowest BCUT2D eigenvalue weighted by Gasteiger charge is -2.24. The molecule has 1 aromatic rings. The van der Waals surface area contributed by atoms with E-state index >= 15 is 0 Å². The lowest BCUT2D eigenvalue weighted by Crippen LogP contribution is -2.31. The Morgan fingerprint density at radius 3 is 2.53 bits per heavy atom. The van der Waals surface area contributed by atoms with Crippen LogP contribution in [-0.4, -0.2) is 38.7 Å². The highest BCUT2D eigenvalue weighted by Crippen LogP contribution is 2.25. The normalized spacial score (nSPS) is 12.8. The van der Waals surface area contributed by atoms with Gasteiger partial charge in [-0.1, -0.05) is 25.1 Å². The van der Waals surface area contributed by atoms with Gasteiger partial charge in [-0.05, 0) is 33.6 Å². The Bertz CT molecular complexity index is 326. The molecule has 3 nitrogen and oxygen atoms in total. The number of likely N-dealkylation sites (N-methyl/N-ethyl adjacent to an activating group) is 2. The monoisotopic (exact) mass is 236 g/mol. The third-order valence-electron chi connectivity index (χ3n) is 2.59. The van der Waals surface area contributed by atoms with E-state index in [1.807, 2.05) is 19.1 Å². The molecule has 0 radical (unpaired) electrons. The zero-order valence-corrected chi connectivity index (χ0v) is 11.4. The summed E-state index contributed by atoms with van der Waals surface area (Å²) in [5, 5.41) is 3.51. The average molecular weight is 236 g/mol. The second-order valence-electron chi connectivity index (χ2n) is 4.34. The van der Waals surface area contributed by atoms with Crippen molar-refractivity contribution in [2.45, 2.75) is 19.9 Å². The van der Waals surface area contributed by atoms with Crippen LogP contribution in [0.1, 0.15) is 25.5 Å². The number of nitrogens with zero attached hydrogens (tertiary/aromatic N) is 1. The maximum atomic E-state index is 5.69. The molecule has 1 N–H and O–H groups in total. The molecular weight excluding hydrogens is 212 g/mol. The quantitative estimate of drug-likeness (QED) is 0.786. The van der Waals surface area contributed by atoms with E-state index in [1.54, 1.807) is 0 Å². The lowest BCUT2D eigenvalue weighted by molar-refractivity contribution is 0.313. The van der Waals surface area contributed by atoms with E-state index in [2.05, 4.69) is 43.4 Å². The van der Waals surface area contributed by atoms with Crippen LogP contribution in [0.2, 0.25) is 0 Å². The Morgan fingerprint density at radius 1 is 1.24 bits per heavy atom. The van der Waals surface area contributed by atoms with Crippen molar-refractivity contribution in [3.63, 3.8) is 0 Å². The van der Waals surface area contributed by atoms with Crippen LogP contribution in [0.4, 0.5) is 0 Å². The molecule has 1 unspecified atom stereocenters. The van der Waals surface area contributed by atoms with Crippen molar-refractivity contribution in [3.8, 4) is 5.75 Å². The Labute approximate surface area is 105 Å². The molecule has 0 aliphatic carbocycles. The minimum absolute atomic E-state index is 0.317. The predicted octanol–water partition coefficient (Wildman–Crippen LogP) is 2.30. The molecule has 1 rings (SSSR count). The van der Waals surface area contributed by atoms with Gasteiger partial charge >= 0.3 is 0 Å². The lowest BCUT2D eigenvalue weighted by atomic mass is 10.1. The van der Waals surface area contributed by atoms with Gasteiger partial charge in [-0.3, -0.25) is 0 Å². The van der Waals surface area contributed by atoms with Crippen molar-refractivity contribution in [1.29, 1.82) is 0 Å². The highest BCUT2D eigenvalue weighted by Gasteiger charge is 2.15. The molecule has 0 spiro atoms. The zero-order chi connectivity index (χ0) is 12.7. The third kappa shape index (κ3) is 4.36. The summed E-state index contributed by atoms with van der Waals surface area (Å²) in [4.78, 5) is 2.19. The summed E-state index contributed by atoms with van der Waals surface area (Å²) in [5.74, 6) is 0.989. The average Bonchev–Trinajstić information content (AvgIpc) is 2.29. The Kier molecular flexibility index (Phi) is 6.01. The number of ether oxygens (including phenoxy) is 1. The number of benzene rings is 1. The molecule has 17 heavy (non-hydrogen) atoms. The maximum absolute atomic E-state index is 5.69. The summed E-state index contributed by atoms with van der Waals surface area (Å²) in [7, 11) is 4.18. The summed E-state index contributed by atoms with van der Waals surface area (Å²) < 4.78 is 5.69. The Morgan fingerprint density at radius 2 is 1.94 bits per heavy atom. The van der Waals surface area contributed by atoms with Gasteiger partial charge in [0.05, 0.1) is 6.61 Å². The molecule has 0 amide bonds. The van der Waals surface area contributed by atoms with E-state index in [9.17, 15) is 0 Å². The van der Waals surface area contributed by atoms with Gasteiger partial charge < -0.3 is 15.0 Å². The number of nitrogens with one attached hydrogen (secondary N) is 1. The van der Waals surface area contributed by atoms with Crippen molar-refractivity contribution in [2.24, 2.45) is 0 Å². The molecule has 1 atom stereocenters. The molecule has 0 aliphatic heterocycles. The maximum Gasteiger partial charge on any atom is 0.124 e. The van der Waals surface area contributed by atoms with E-state index in [0.29, 0.717) is 12.6 Å². The first-order valence-electron chi connectivity index (χ1n) is 6.28. The highest BCUT2D eigenvalue weighted by atomic mass is 16.5. The largest absolute Gasteiger partial charge is 0.494 e. The first kappa shape index (κ1) is 14.0. The number of para-hydroxylation sites is 1. The van der Waals surface area contributed by atoms with Gasteiger partial charge in [0.1, 0.15) is 5.75 Å². The molecule has 0 saturated carbocycles. The van der Waals surface area contributed by atoms with Gasteiger partial charge in [0.25, 0.3) is 0 Å². The summed E-state index contributed by atoms with van der Waals surface area (Å²) in [5.41, 5.74) is 1.24. The van der Waals surface area contributed by atoms with Crippen LogP contribution in [0.25, 0.3) is 0 Å². The van der Waals surface area contributed by atoms with E-state index in [1.165, 1.54) is 5.56 Å². The standard InChI is InChI=1S/C14H24N2O/c1-5-15-13(11-16(3)4)12-9-7-8-10-14(12)17-6-2/h7-10,13,15H,5-6,11H2,1-4H3. The van der Waals surface area contributed by atoms with Crippen LogP contribution >= 0.6 is 0 Å². The highest BCUT2D eigenvalue weighted by molar-refractivity contribution is 5.36. The van der Waals surface area contributed by atoms with E-state index < -0.39 is 0 Å². The topological polar surface area (TPSA) is 24.5 Å². The molecule has 1 aromatic carbocycles. The van der Waals surface area contributed by atoms with Crippen molar-refractivity contribution >= 4 is 0 Å². The van der Waals surface area contributed by atoms with Crippen LogP contribution in [0.5, 0.6) is 5.75 Å². The molecule has 96 valence electrons. The third-order valence-corrected chi connectivity index (χ3v) is 2.59. The van der Waals surface area contributed by atoms with Crippen molar-refractivity contribution in [3.05, 3.63) is 29.8 Å². The molecule has 0 aliphatic rings. The summed E-state index contributed by atoms with van der Waals surface area (Å²) >= 11 is 0. The fraction of sp³-hybridized carbons (Fsp3) is 0.571. The van der Waals surface area contributed by atoms with Crippen LogP contribution in [0.3, 0.4) is 0 Å². The van der Waals surface area contributed by atoms with Crippen LogP contribution in [0.15, 0.2) is 24.3 Å². The second-order valence-corrected chi connectivity index (χ2v) is 4.34. The van der Waals surface area contributed by atoms with Gasteiger partial charge in [-0.2, -0.15) is 0 Å². The van der Waals surface area contributed by atoms with Gasteiger partial charge in [-0.25, -0.2) is 0 Å². The van der Waals surface area contributed by atoms with Gasteiger partial charge in [-0.15, -0.1) is 0 Å². The van der Waals surface area contributed by atoms with Gasteiger partial charge in [0, 0.05) is 18.2 Å². The fourth-order valence-corrected chi connectivity index (χ4v) is 1.94. The van der Waals surface area contributed by atoms with Crippen LogP contribution in [-0.2, 0) is 0 Å². The first-order valence-corrected chi connectivity index (χ1v) is 6.28. The van der Waals surface area contributed by atoms with Crippen molar-refractivity contribution in [1.82, 2.24) is 10.2 Å². The van der Waals surface area contributed by atoms with E-state index in [4.69, 9.17) is 4.74 Å². The van der Waals surface area contributed by atoms with Crippen molar-refractivity contribution < 1.29 is 4.74 Å². The summed E-state index contributed by atoms with van der Waals surface area (Å²) in [6, 6.07) is 8.59. The van der Waals surface area contributed by atoms with Crippen LogP contribution in [0, 0.1) is 0 Å². The van der Waals surface area contributed by atoms with Crippen LogP contribution < -0.4 is 10.1 Å². The minimum atomic E-state index is 0.317. The van der Waals surface area contributed by atoms with Crippen molar-refractivity contribution in [2.75, 3.05) is 33.8 Å². The number of hydrogen-bond donors (Lipinski definition) is 1. The first-order chi connectivity index (χ1) is 8.19. The second kappa shape index (κ2) is 7.30. The van der Waals surface area contributed by atoms with Gasteiger partial charge in [0.15, 0.2) is 0 Å². The molecular formula is C14H24N2O. The molecule has 0 saturated heterocycles. The van der Waals surface area contributed by atoms with E-state index in [-0.39, 0.29) is 0 Å². The minimum Gasteiger partial charge on any atom is -0.494 e. The summed E-state index contributed by atoms with van der Waals surface area (Å²) in [6.45, 7) is 6.78. The zero-order valence-electron chi connectivity index (χ0n) is 11.4. The molecule has 0 heterocycles. The van der Waals surface area contributed by atoms with E-state index in [0.717, 1.165) is 18.8 Å². The number of rotatable bonds is 7. The molecule has 0 fully saturated rings. The smallest absolute Gasteiger partial charge is 0.124 e. The fourth-order valence-electron chi connectivity index (χ4n) is 1.94. The molecule has 3 heteroatoms. The molecule has 0 bridgehead atoms. The molecule has 0 aromatic heterocycles. The Balaban J connectivity index is 2.91. The SMILES string of the molecule is CCNC(CN(C)C)c1ccccc1OCC.